The number of nitrogens with two attached hydrogens (primary N) is 3. The number of nitrogens with one attached hydrogen (secondary N) is 3. The molecule has 4 aromatic rings. The van der Waals surface area contributed by atoms with Crippen LogP contribution in [0.5, 0.6) is 11.5 Å². The minimum absolute atomic E-state index is 0. The zero-order valence-electron chi connectivity index (χ0n) is 39.4. The molecule has 3 unspecified atom stereocenters. The molecule has 0 aromatic heterocycles. The van der Waals surface area contributed by atoms with E-state index in [4.69, 9.17) is 31.4 Å². The van der Waals surface area contributed by atoms with Gasteiger partial charge < -0.3 is 47.4 Å². The Morgan fingerprint density at radius 1 is 0.591 bits per heavy atom. The molecular weight excluding hydrogens is 881 g/mol. The van der Waals surface area contributed by atoms with Crippen molar-refractivity contribution in [2.75, 3.05) is 32.9 Å². The summed E-state index contributed by atoms with van der Waals surface area (Å²) < 4.78 is 18.4. The van der Waals surface area contributed by atoms with E-state index in [2.05, 4.69) is 46.9 Å². The van der Waals surface area contributed by atoms with Crippen LogP contribution < -0.4 is 42.6 Å². The Morgan fingerprint density at radius 2 is 1.11 bits per heavy atom. The molecule has 14 nitrogen and oxygen atoms in total. The lowest BCUT2D eigenvalue weighted by Gasteiger charge is -2.26. The van der Waals surface area contributed by atoms with E-state index in [1.54, 1.807) is 0 Å². The van der Waals surface area contributed by atoms with Crippen LogP contribution in [0.25, 0.3) is 32.7 Å². The van der Waals surface area contributed by atoms with Gasteiger partial charge in [0.15, 0.2) is 12.6 Å². The van der Waals surface area contributed by atoms with Crippen LogP contribution in [0.3, 0.4) is 0 Å². The van der Waals surface area contributed by atoms with Crippen molar-refractivity contribution in [2.45, 2.75) is 111 Å². The van der Waals surface area contributed by atoms with Crippen LogP contribution in [0.4, 0.5) is 0 Å². The Balaban J connectivity index is 0.00000748. The normalized spacial score (nSPS) is 12.4. The fourth-order valence-electron chi connectivity index (χ4n) is 7.30. The number of esters is 1. The number of hydrogen-bond acceptors (Lipinski definition) is 9. The monoisotopic (exact) mass is 953 g/mol. The number of aliphatic imine (C=N–C) groups is 1. The molecule has 364 valence electrons. The standard InChI is InChI=1S/C50H71N7O7.2ClH/c1-32(2)24-28-62-42-22-20-35-14-7-9-16-37(35)45(42)46-38-17-10-8-15-36(38)21-23-43(46)64-31-44(58)55-39(18-11-12-26-51)47(59)56-40(19-13-27-54-50(52)53)48(60)57-41(30-34(5)6)49(61)63-29-25-33(3)4;;/h7-10,14-17,20-23,32-34,39-41H,11-13,18-19,24-31,51H2,1-6H3,(H,55,58)(H,56,59)(H,57,60)(H4,52,53,54);2*1H. The number of fused-ring (bicyclic) bond motifs is 2. The lowest BCUT2D eigenvalue weighted by Crippen LogP contribution is -2.56. The first-order chi connectivity index (χ1) is 30.7. The van der Waals surface area contributed by atoms with Crippen molar-refractivity contribution in [2.24, 2.45) is 39.9 Å². The van der Waals surface area contributed by atoms with Crippen molar-refractivity contribution >= 4 is 76.0 Å². The fraction of sp³-hybridized carbons (Fsp3) is 0.500. The summed E-state index contributed by atoms with van der Waals surface area (Å²) >= 11 is 0. The highest BCUT2D eigenvalue weighted by atomic mass is 35.5. The summed E-state index contributed by atoms with van der Waals surface area (Å²) in [6, 6.07) is 20.9. The van der Waals surface area contributed by atoms with Crippen molar-refractivity contribution in [3.8, 4) is 22.6 Å². The van der Waals surface area contributed by atoms with E-state index in [0.717, 1.165) is 39.1 Å². The van der Waals surface area contributed by atoms with Crippen LogP contribution >= 0.6 is 24.8 Å². The van der Waals surface area contributed by atoms with Crippen LogP contribution in [0.1, 0.15) is 92.9 Å². The van der Waals surface area contributed by atoms with Crippen molar-refractivity contribution in [1.29, 1.82) is 0 Å². The summed E-state index contributed by atoms with van der Waals surface area (Å²) in [5.74, 6) is -0.281. The molecule has 0 aliphatic rings. The second-order valence-corrected chi connectivity index (χ2v) is 17.6. The first-order valence-electron chi connectivity index (χ1n) is 22.8. The Bertz CT molecular complexity index is 2180. The Kier molecular flexibility index (Phi) is 25.3. The zero-order valence-corrected chi connectivity index (χ0v) is 41.1. The molecule has 3 atom stereocenters. The zero-order chi connectivity index (χ0) is 46.6. The molecule has 0 saturated heterocycles. The quantitative estimate of drug-likeness (QED) is 0.0149. The maximum Gasteiger partial charge on any atom is 0.328 e. The molecular formula is C50H73Cl2N7O7. The summed E-state index contributed by atoms with van der Waals surface area (Å²) in [6.07, 6.45) is 3.79. The van der Waals surface area contributed by atoms with Gasteiger partial charge in [-0.25, -0.2) is 4.79 Å². The molecule has 3 amide bonds. The predicted octanol–water partition coefficient (Wildman–Crippen LogP) is 7.58. The van der Waals surface area contributed by atoms with Crippen molar-refractivity contribution in [3.05, 3.63) is 72.8 Å². The number of hydrogen-bond donors (Lipinski definition) is 6. The minimum Gasteiger partial charge on any atom is -0.493 e. The smallest absolute Gasteiger partial charge is 0.328 e. The molecule has 0 spiro atoms. The molecule has 0 heterocycles. The summed E-state index contributed by atoms with van der Waals surface area (Å²) in [5, 5.41) is 12.5. The number of unbranched alkanes of at least 4 members (excludes halogenated alkanes) is 1. The highest BCUT2D eigenvalue weighted by Crippen LogP contribution is 2.45. The molecule has 0 radical (unpaired) electrons. The van der Waals surface area contributed by atoms with Gasteiger partial charge in [0, 0.05) is 17.7 Å². The second kappa shape index (κ2) is 29.4. The van der Waals surface area contributed by atoms with E-state index in [1.165, 1.54) is 0 Å². The summed E-state index contributed by atoms with van der Waals surface area (Å²) in [6.45, 7) is 13.2. The van der Waals surface area contributed by atoms with Gasteiger partial charge in [0.05, 0.1) is 13.2 Å². The first-order valence-corrected chi connectivity index (χ1v) is 22.8. The first kappa shape index (κ1) is 56.8. The molecule has 16 heteroatoms. The maximum absolute atomic E-state index is 14.1. The molecule has 4 rings (SSSR count). The van der Waals surface area contributed by atoms with E-state index < -0.39 is 48.4 Å². The summed E-state index contributed by atoms with van der Waals surface area (Å²) in [5.41, 5.74) is 18.5. The molecule has 0 saturated carbocycles. The van der Waals surface area contributed by atoms with Gasteiger partial charge in [-0.1, -0.05) is 102 Å². The number of carbonyl (C=O) groups is 4. The Morgan fingerprint density at radius 3 is 1.65 bits per heavy atom. The minimum atomic E-state index is -1.08. The lowest BCUT2D eigenvalue weighted by atomic mass is 9.92. The van der Waals surface area contributed by atoms with Gasteiger partial charge in [-0.15, -0.1) is 24.8 Å². The van der Waals surface area contributed by atoms with E-state index >= 15 is 0 Å². The number of guanidine groups is 1. The number of amides is 3. The van der Waals surface area contributed by atoms with Gasteiger partial charge in [-0.3, -0.25) is 19.4 Å². The van der Waals surface area contributed by atoms with Gasteiger partial charge in [0.1, 0.15) is 29.6 Å². The van der Waals surface area contributed by atoms with Gasteiger partial charge in [0.25, 0.3) is 5.91 Å². The highest BCUT2D eigenvalue weighted by Gasteiger charge is 2.31. The number of halogens is 2. The number of rotatable bonds is 27. The average molecular weight is 955 g/mol. The third-order valence-electron chi connectivity index (χ3n) is 10.8. The van der Waals surface area contributed by atoms with Crippen LogP contribution in [-0.2, 0) is 23.9 Å². The van der Waals surface area contributed by atoms with E-state index in [1.807, 2.05) is 88.4 Å². The number of ether oxygens (including phenoxy) is 3. The Hall–Kier alpha value is -5.31. The lowest BCUT2D eigenvalue weighted by molar-refractivity contribution is -0.149. The Labute approximate surface area is 403 Å². The van der Waals surface area contributed by atoms with Gasteiger partial charge in [-0.2, -0.15) is 0 Å². The van der Waals surface area contributed by atoms with Crippen LogP contribution in [-0.4, -0.2) is 80.7 Å². The van der Waals surface area contributed by atoms with Crippen LogP contribution in [0.2, 0.25) is 0 Å². The van der Waals surface area contributed by atoms with Crippen molar-refractivity contribution in [3.63, 3.8) is 0 Å². The largest absolute Gasteiger partial charge is 0.493 e. The van der Waals surface area contributed by atoms with Gasteiger partial charge in [-0.05, 0) is 109 Å². The van der Waals surface area contributed by atoms with E-state index in [-0.39, 0.29) is 62.7 Å². The van der Waals surface area contributed by atoms with Crippen molar-refractivity contribution < 1.29 is 33.4 Å². The molecule has 0 aliphatic heterocycles. The molecule has 9 N–H and O–H groups in total. The molecule has 66 heavy (non-hydrogen) atoms. The maximum atomic E-state index is 14.1. The summed E-state index contributed by atoms with van der Waals surface area (Å²) in [7, 11) is 0. The van der Waals surface area contributed by atoms with E-state index in [9.17, 15) is 19.2 Å². The highest BCUT2D eigenvalue weighted by molar-refractivity contribution is 6.10. The summed E-state index contributed by atoms with van der Waals surface area (Å²) in [4.78, 5) is 59.1. The molecule has 0 fully saturated rings. The number of benzene rings is 4. The molecule has 0 aliphatic carbocycles. The van der Waals surface area contributed by atoms with Crippen molar-refractivity contribution in [1.82, 2.24) is 16.0 Å². The second-order valence-electron chi connectivity index (χ2n) is 17.6. The van der Waals surface area contributed by atoms with Crippen LogP contribution in [0.15, 0.2) is 77.8 Å². The fourth-order valence-corrected chi connectivity index (χ4v) is 7.30. The molecule has 4 aromatic carbocycles. The number of carbonyl (C=O) groups excluding carboxylic acids is 4. The van der Waals surface area contributed by atoms with Gasteiger partial charge in [0.2, 0.25) is 11.8 Å². The molecule has 0 bridgehead atoms. The predicted molar refractivity (Wildman–Crippen MR) is 270 cm³/mol. The third kappa shape index (κ3) is 18.2. The van der Waals surface area contributed by atoms with E-state index in [0.29, 0.717) is 68.6 Å². The third-order valence-corrected chi connectivity index (χ3v) is 10.8. The van der Waals surface area contributed by atoms with Gasteiger partial charge >= 0.3 is 5.97 Å². The SMILES string of the molecule is CC(C)CCOC(=O)C(CC(C)C)NC(=O)C(CCCN=C(N)N)NC(=O)C(CCCCN)NC(=O)COc1ccc2ccccc2c1-c1c(OCCC(C)C)ccc2ccccc12.Cl.Cl. The van der Waals surface area contributed by atoms with Crippen LogP contribution in [0, 0.1) is 17.8 Å². The average Bonchev–Trinajstić information content (AvgIpc) is 3.25. The number of nitrogens with zero attached hydrogens (tertiary/aromatic N) is 1. The topological polar surface area (TPSA) is 222 Å².